The molecule has 1 aliphatic rings. The number of methoxy groups -OCH3 is 2. The molecule has 2 aromatic carbocycles. The second-order valence-electron chi connectivity index (χ2n) is 5.95. The zero-order valence-electron chi connectivity index (χ0n) is 14.3. The summed E-state index contributed by atoms with van der Waals surface area (Å²) in [6.45, 7) is 0.705. The number of carbonyl (C=O) groups is 2. The number of hydrogen-bond donors (Lipinski definition) is 0. The van der Waals surface area contributed by atoms with E-state index in [0.717, 1.165) is 23.2 Å². The number of benzene rings is 2. The first-order valence-corrected chi connectivity index (χ1v) is 8.22. The van der Waals surface area contributed by atoms with Gasteiger partial charge in [-0.05, 0) is 29.7 Å². The van der Waals surface area contributed by atoms with Gasteiger partial charge in [-0.3, -0.25) is 9.59 Å². The Morgan fingerprint density at radius 1 is 0.960 bits per heavy atom. The average molecular weight is 339 g/mol. The van der Waals surface area contributed by atoms with Gasteiger partial charge < -0.3 is 14.4 Å². The summed E-state index contributed by atoms with van der Waals surface area (Å²) in [5, 5.41) is 0. The quantitative estimate of drug-likeness (QED) is 0.633. The topological polar surface area (TPSA) is 55.8 Å². The molecule has 0 amide bonds. The molecule has 0 N–H and O–H groups in total. The number of para-hydroxylation sites is 1. The maximum absolute atomic E-state index is 12.4. The van der Waals surface area contributed by atoms with E-state index in [2.05, 4.69) is 4.90 Å². The standard InChI is InChI=1S/C20H21NO4/c1-24-19(22)17(20(23)25-2)18-16-11-7-6-8-14(16)12-13-21(18)15-9-4-3-5-10-15/h3-11,17-18H,12-13H2,1-2H3. The number of fused-ring (bicyclic) bond motifs is 1. The minimum atomic E-state index is -1.04. The normalized spacial score (nSPS) is 16.3. The van der Waals surface area contributed by atoms with Crippen LogP contribution in [-0.2, 0) is 25.5 Å². The first kappa shape index (κ1) is 17.0. The number of nitrogens with zero attached hydrogens (tertiary/aromatic N) is 1. The molecule has 25 heavy (non-hydrogen) atoms. The first-order valence-electron chi connectivity index (χ1n) is 8.22. The number of rotatable bonds is 4. The molecule has 0 radical (unpaired) electrons. The fourth-order valence-corrected chi connectivity index (χ4v) is 3.47. The Morgan fingerprint density at radius 2 is 1.56 bits per heavy atom. The highest BCUT2D eigenvalue weighted by molar-refractivity contribution is 5.96. The van der Waals surface area contributed by atoms with E-state index >= 15 is 0 Å². The van der Waals surface area contributed by atoms with E-state index < -0.39 is 23.9 Å². The van der Waals surface area contributed by atoms with E-state index in [0.29, 0.717) is 6.54 Å². The molecule has 0 aliphatic carbocycles. The lowest BCUT2D eigenvalue weighted by atomic mass is 9.84. The predicted molar refractivity (Wildman–Crippen MR) is 94.2 cm³/mol. The molecular formula is C20H21NO4. The molecule has 1 atom stereocenters. The summed E-state index contributed by atoms with van der Waals surface area (Å²) in [5.74, 6) is -2.22. The lowest BCUT2D eigenvalue weighted by Gasteiger charge is -2.41. The lowest BCUT2D eigenvalue weighted by Crippen LogP contribution is -2.45. The Balaban J connectivity index is 2.13. The maximum Gasteiger partial charge on any atom is 0.322 e. The fourth-order valence-electron chi connectivity index (χ4n) is 3.47. The highest BCUT2D eigenvalue weighted by Gasteiger charge is 2.43. The van der Waals surface area contributed by atoms with Crippen molar-refractivity contribution in [2.45, 2.75) is 12.5 Å². The van der Waals surface area contributed by atoms with Crippen molar-refractivity contribution in [2.24, 2.45) is 5.92 Å². The van der Waals surface area contributed by atoms with Gasteiger partial charge in [0.25, 0.3) is 0 Å². The van der Waals surface area contributed by atoms with Crippen molar-refractivity contribution in [3.05, 3.63) is 65.7 Å². The summed E-state index contributed by atoms with van der Waals surface area (Å²) in [5.41, 5.74) is 3.05. The molecule has 0 saturated heterocycles. The Bertz CT molecular complexity index is 743. The van der Waals surface area contributed by atoms with Gasteiger partial charge in [0, 0.05) is 12.2 Å². The van der Waals surface area contributed by atoms with Crippen molar-refractivity contribution in [3.63, 3.8) is 0 Å². The van der Waals surface area contributed by atoms with E-state index in [1.807, 2.05) is 54.6 Å². The molecule has 0 fully saturated rings. The van der Waals surface area contributed by atoms with Crippen molar-refractivity contribution in [1.29, 1.82) is 0 Å². The molecule has 130 valence electrons. The summed E-state index contributed by atoms with van der Waals surface area (Å²) in [6.07, 6.45) is 0.844. The van der Waals surface area contributed by atoms with E-state index in [4.69, 9.17) is 9.47 Å². The van der Waals surface area contributed by atoms with Gasteiger partial charge in [0.1, 0.15) is 0 Å². The second kappa shape index (κ2) is 7.38. The fraction of sp³-hybridized carbons (Fsp3) is 0.300. The smallest absolute Gasteiger partial charge is 0.322 e. The maximum atomic E-state index is 12.4. The van der Waals surface area contributed by atoms with Gasteiger partial charge in [0.2, 0.25) is 0 Å². The van der Waals surface area contributed by atoms with Crippen LogP contribution in [0.15, 0.2) is 54.6 Å². The Hall–Kier alpha value is -2.82. The molecule has 1 heterocycles. The third kappa shape index (κ3) is 3.22. The Morgan fingerprint density at radius 3 is 2.20 bits per heavy atom. The molecule has 0 bridgehead atoms. The van der Waals surface area contributed by atoms with Crippen LogP contribution in [0.25, 0.3) is 0 Å². The molecule has 1 aliphatic heterocycles. The SMILES string of the molecule is COC(=O)C(C(=O)OC)C1c2ccccc2CCN1c1ccccc1. The van der Waals surface area contributed by atoms with Crippen LogP contribution in [-0.4, -0.2) is 32.7 Å². The number of ether oxygens (including phenoxy) is 2. The Labute approximate surface area is 147 Å². The van der Waals surface area contributed by atoms with Gasteiger partial charge in [-0.1, -0.05) is 42.5 Å². The van der Waals surface area contributed by atoms with Crippen LogP contribution in [0, 0.1) is 5.92 Å². The van der Waals surface area contributed by atoms with Crippen molar-refractivity contribution in [2.75, 3.05) is 25.7 Å². The summed E-state index contributed by atoms with van der Waals surface area (Å²) >= 11 is 0. The van der Waals surface area contributed by atoms with E-state index in [1.165, 1.54) is 14.2 Å². The van der Waals surface area contributed by atoms with Crippen molar-refractivity contribution >= 4 is 17.6 Å². The minimum Gasteiger partial charge on any atom is -0.468 e. The average Bonchev–Trinajstić information content (AvgIpc) is 2.68. The van der Waals surface area contributed by atoms with Crippen LogP contribution in [0.3, 0.4) is 0 Å². The molecule has 0 spiro atoms. The second-order valence-corrected chi connectivity index (χ2v) is 5.95. The van der Waals surface area contributed by atoms with E-state index in [9.17, 15) is 9.59 Å². The molecule has 0 saturated carbocycles. The van der Waals surface area contributed by atoms with Crippen LogP contribution < -0.4 is 4.90 Å². The van der Waals surface area contributed by atoms with Gasteiger partial charge in [-0.25, -0.2) is 0 Å². The van der Waals surface area contributed by atoms with Gasteiger partial charge in [0.15, 0.2) is 5.92 Å². The monoisotopic (exact) mass is 339 g/mol. The molecule has 5 heteroatoms. The molecule has 3 rings (SSSR count). The molecule has 2 aromatic rings. The third-order valence-electron chi connectivity index (χ3n) is 4.65. The summed E-state index contributed by atoms with van der Waals surface area (Å²) < 4.78 is 9.84. The van der Waals surface area contributed by atoms with Gasteiger partial charge >= 0.3 is 11.9 Å². The third-order valence-corrected chi connectivity index (χ3v) is 4.65. The molecule has 0 aromatic heterocycles. The largest absolute Gasteiger partial charge is 0.468 e. The van der Waals surface area contributed by atoms with E-state index in [-0.39, 0.29) is 0 Å². The van der Waals surface area contributed by atoms with Crippen molar-refractivity contribution < 1.29 is 19.1 Å². The van der Waals surface area contributed by atoms with Gasteiger partial charge in [0.05, 0.1) is 20.3 Å². The first-order chi connectivity index (χ1) is 12.2. The molecular weight excluding hydrogens is 318 g/mol. The highest BCUT2D eigenvalue weighted by Crippen LogP contribution is 2.39. The summed E-state index contributed by atoms with van der Waals surface area (Å²) in [7, 11) is 2.58. The summed E-state index contributed by atoms with van der Waals surface area (Å²) in [6, 6.07) is 17.2. The van der Waals surface area contributed by atoms with Crippen LogP contribution in [0.4, 0.5) is 5.69 Å². The van der Waals surface area contributed by atoms with Crippen LogP contribution in [0.1, 0.15) is 17.2 Å². The van der Waals surface area contributed by atoms with Crippen LogP contribution >= 0.6 is 0 Å². The lowest BCUT2D eigenvalue weighted by molar-refractivity contribution is -0.160. The van der Waals surface area contributed by atoms with Crippen molar-refractivity contribution in [1.82, 2.24) is 0 Å². The molecule has 5 nitrogen and oxygen atoms in total. The zero-order chi connectivity index (χ0) is 17.8. The van der Waals surface area contributed by atoms with Gasteiger partial charge in [-0.2, -0.15) is 0 Å². The summed E-state index contributed by atoms with van der Waals surface area (Å²) in [4.78, 5) is 27.0. The van der Waals surface area contributed by atoms with Crippen LogP contribution in [0.5, 0.6) is 0 Å². The molecule has 1 unspecified atom stereocenters. The predicted octanol–water partition coefficient (Wildman–Crippen LogP) is 2.75. The van der Waals surface area contributed by atoms with Crippen molar-refractivity contribution in [3.8, 4) is 0 Å². The van der Waals surface area contributed by atoms with Crippen LogP contribution in [0.2, 0.25) is 0 Å². The Kier molecular flexibility index (Phi) is 5.03. The zero-order valence-corrected chi connectivity index (χ0v) is 14.3. The number of hydrogen-bond acceptors (Lipinski definition) is 5. The number of esters is 2. The van der Waals surface area contributed by atoms with E-state index in [1.54, 1.807) is 0 Å². The highest BCUT2D eigenvalue weighted by atomic mass is 16.5. The number of carbonyl (C=O) groups excluding carboxylic acids is 2. The number of anilines is 1. The van der Waals surface area contributed by atoms with Gasteiger partial charge in [-0.15, -0.1) is 0 Å². The minimum absolute atomic E-state index is 0.466.